The van der Waals surface area contributed by atoms with E-state index in [2.05, 4.69) is 14.9 Å². The Morgan fingerprint density at radius 3 is 2.54 bits per heavy atom. The summed E-state index contributed by atoms with van der Waals surface area (Å²) in [6.45, 7) is 6.70. The highest BCUT2D eigenvalue weighted by molar-refractivity contribution is 7.89. The first-order valence-electron chi connectivity index (χ1n) is 13.3. The molecule has 12 heteroatoms. The lowest BCUT2D eigenvalue weighted by molar-refractivity contribution is -0.137. The zero-order chi connectivity index (χ0) is 27.6. The number of nitrogens with zero attached hydrogens (tertiary/aromatic N) is 5. The number of ether oxygens (including phenoxy) is 2. The molecule has 10 nitrogen and oxygen atoms in total. The molecule has 5 rings (SSSR count). The van der Waals surface area contributed by atoms with Crippen molar-refractivity contribution in [1.29, 1.82) is 0 Å². The van der Waals surface area contributed by atoms with Crippen LogP contribution in [0.25, 0.3) is 10.2 Å². The first-order valence-corrected chi connectivity index (χ1v) is 15.6. The summed E-state index contributed by atoms with van der Waals surface area (Å²) in [6.07, 6.45) is 4.02. The zero-order valence-corrected chi connectivity index (χ0v) is 24.3. The van der Waals surface area contributed by atoms with Gasteiger partial charge in [0.2, 0.25) is 15.9 Å². The maximum atomic E-state index is 13.7. The van der Waals surface area contributed by atoms with E-state index < -0.39 is 10.0 Å². The van der Waals surface area contributed by atoms with Gasteiger partial charge in [0.25, 0.3) is 0 Å². The van der Waals surface area contributed by atoms with Gasteiger partial charge in [-0.1, -0.05) is 6.42 Å². The van der Waals surface area contributed by atoms with Gasteiger partial charge in [0.15, 0.2) is 0 Å². The molecular formula is C27H35N5O5S2. The minimum absolute atomic E-state index is 0.0618. The Morgan fingerprint density at radius 2 is 1.82 bits per heavy atom. The highest BCUT2D eigenvalue weighted by Crippen LogP contribution is 2.32. The lowest BCUT2D eigenvalue weighted by Gasteiger charge is -2.36. The zero-order valence-electron chi connectivity index (χ0n) is 22.6. The summed E-state index contributed by atoms with van der Waals surface area (Å²) in [5.74, 6) is 1.48. The van der Waals surface area contributed by atoms with Gasteiger partial charge in [-0.05, 0) is 61.4 Å². The van der Waals surface area contributed by atoms with Crippen molar-refractivity contribution in [3.05, 3.63) is 41.0 Å². The van der Waals surface area contributed by atoms with Gasteiger partial charge in [0, 0.05) is 38.8 Å². The van der Waals surface area contributed by atoms with Gasteiger partial charge >= 0.3 is 0 Å². The van der Waals surface area contributed by atoms with Crippen LogP contribution < -0.4 is 9.64 Å². The highest BCUT2D eigenvalue weighted by atomic mass is 32.2. The first-order chi connectivity index (χ1) is 18.8. The van der Waals surface area contributed by atoms with E-state index in [1.54, 1.807) is 55.1 Å². The fraction of sp³-hybridized carbons (Fsp3) is 0.519. The SMILES string of the molecule is COc1cc(C)c(S(=O)(=O)N2CCCCC2COCC(=O)N2CCN(c3ncnc4ccsc34)CC2)c(C)c1. The standard InChI is InChI=1S/C27H35N5O5S2/c1-19-14-22(36-3)15-20(2)26(19)39(34,35)32-8-5-4-6-21(32)16-37-17-24(33)30-9-11-31(12-10-30)27-25-23(7-13-38-25)28-18-29-27/h7,13-15,18,21H,4-6,8-12,16-17H2,1-3H3. The number of rotatable bonds is 8. The van der Waals surface area contributed by atoms with Crippen LogP contribution in [-0.2, 0) is 19.6 Å². The largest absolute Gasteiger partial charge is 0.497 e. The number of aryl methyl sites for hydroxylation is 2. The molecule has 1 atom stereocenters. The smallest absolute Gasteiger partial charge is 0.248 e. The van der Waals surface area contributed by atoms with Gasteiger partial charge < -0.3 is 19.3 Å². The number of sulfonamides is 1. The quantitative estimate of drug-likeness (QED) is 0.405. The van der Waals surface area contributed by atoms with E-state index in [9.17, 15) is 13.2 Å². The molecule has 2 aliphatic heterocycles. The van der Waals surface area contributed by atoms with Crippen LogP contribution in [0.4, 0.5) is 5.82 Å². The molecule has 0 N–H and O–H groups in total. The van der Waals surface area contributed by atoms with Crippen LogP contribution in [0, 0.1) is 13.8 Å². The number of piperidine rings is 1. The van der Waals surface area contributed by atoms with Crippen molar-refractivity contribution in [2.24, 2.45) is 0 Å². The minimum Gasteiger partial charge on any atom is -0.497 e. The van der Waals surface area contributed by atoms with Crippen LogP contribution in [0.2, 0.25) is 0 Å². The number of thiophene rings is 1. The highest BCUT2D eigenvalue weighted by Gasteiger charge is 2.36. The molecule has 0 bridgehead atoms. The number of hydrogen-bond acceptors (Lipinski definition) is 9. The molecule has 0 aliphatic carbocycles. The first kappa shape index (κ1) is 27.8. The Labute approximate surface area is 233 Å². The number of methoxy groups -OCH3 is 1. The van der Waals surface area contributed by atoms with Gasteiger partial charge in [-0.15, -0.1) is 11.3 Å². The summed E-state index contributed by atoms with van der Waals surface area (Å²) in [7, 11) is -2.15. The number of anilines is 1. The summed E-state index contributed by atoms with van der Waals surface area (Å²) >= 11 is 1.62. The number of piperazine rings is 1. The second-order valence-corrected chi connectivity index (χ2v) is 12.8. The monoisotopic (exact) mass is 573 g/mol. The predicted octanol–water partition coefficient (Wildman–Crippen LogP) is 3.23. The van der Waals surface area contributed by atoms with Crippen molar-refractivity contribution in [3.63, 3.8) is 0 Å². The van der Waals surface area contributed by atoms with Crippen molar-refractivity contribution in [3.8, 4) is 5.75 Å². The summed E-state index contributed by atoms with van der Waals surface area (Å²) in [5.41, 5.74) is 2.26. The van der Waals surface area contributed by atoms with Crippen LogP contribution in [0.1, 0.15) is 30.4 Å². The molecule has 39 heavy (non-hydrogen) atoms. The summed E-state index contributed by atoms with van der Waals surface area (Å²) in [5, 5.41) is 2.01. The average molecular weight is 574 g/mol. The lowest BCUT2D eigenvalue weighted by atomic mass is 10.1. The van der Waals surface area contributed by atoms with Gasteiger partial charge in [-0.2, -0.15) is 4.31 Å². The molecule has 0 radical (unpaired) electrons. The van der Waals surface area contributed by atoms with Gasteiger partial charge in [-0.25, -0.2) is 18.4 Å². The van der Waals surface area contributed by atoms with E-state index in [4.69, 9.17) is 9.47 Å². The van der Waals surface area contributed by atoms with Crippen molar-refractivity contribution in [2.45, 2.75) is 44.0 Å². The van der Waals surface area contributed by atoms with E-state index in [-0.39, 0.29) is 25.2 Å². The molecule has 2 aliphatic rings. The van der Waals surface area contributed by atoms with E-state index in [0.29, 0.717) is 60.9 Å². The molecule has 4 heterocycles. The molecule has 210 valence electrons. The molecule has 0 saturated carbocycles. The second kappa shape index (κ2) is 11.7. The normalized spacial score (nSPS) is 19.0. The molecule has 2 saturated heterocycles. The molecule has 3 aromatic rings. The van der Waals surface area contributed by atoms with Crippen LogP contribution in [0.3, 0.4) is 0 Å². The Balaban J connectivity index is 1.17. The third-order valence-electron chi connectivity index (χ3n) is 7.50. The molecule has 2 aromatic heterocycles. The Bertz CT molecular complexity index is 1410. The molecule has 1 amide bonds. The topological polar surface area (TPSA) is 105 Å². The molecule has 0 spiro atoms. The minimum atomic E-state index is -3.73. The van der Waals surface area contributed by atoms with Crippen LogP contribution in [0.15, 0.2) is 34.8 Å². The van der Waals surface area contributed by atoms with E-state index >= 15 is 0 Å². The number of amides is 1. The Morgan fingerprint density at radius 1 is 1.08 bits per heavy atom. The lowest BCUT2D eigenvalue weighted by Crippen LogP contribution is -2.50. The molecular weight excluding hydrogens is 538 g/mol. The maximum Gasteiger partial charge on any atom is 0.248 e. The predicted molar refractivity (Wildman–Crippen MR) is 151 cm³/mol. The van der Waals surface area contributed by atoms with Crippen LogP contribution >= 0.6 is 11.3 Å². The fourth-order valence-corrected chi connectivity index (χ4v) is 8.51. The number of fused-ring (bicyclic) bond motifs is 1. The molecule has 1 aromatic carbocycles. The number of hydrogen-bond donors (Lipinski definition) is 0. The van der Waals surface area contributed by atoms with Crippen LogP contribution in [-0.4, -0.2) is 92.6 Å². The molecule has 2 fully saturated rings. The van der Waals surface area contributed by atoms with Crippen molar-refractivity contribution >= 4 is 43.3 Å². The summed E-state index contributed by atoms with van der Waals surface area (Å²) < 4.78 is 41.3. The van der Waals surface area contributed by atoms with Crippen LogP contribution in [0.5, 0.6) is 5.75 Å². The number of aromatic nitrogens is 2. The van der Waals surface area contributed by atoms with Gasteiger partial charge in [0.05, 0.1) is 28.8 Å². The number of carbonyl (C=O) groups is 1. The van der Waals surface area contributed by atoms with E-state index in [1.165, 1.54) is 0 Å². The second-order valence-electron chi connectivity index (χ2n) is 10.1. The molecule has 1 unspecified atom stereocenters. The summed E-state index contributed by atoms with van der Waals surface area (Å²) in [4.78, 5) is 26.0. The number of benzene rings is 1. The maximum absolute atomic E-state index is 13.7. The van der Waals surface area contributed by atoms with Crippen molar-refractivity contribution in [1.82, 2.24) is 19.2 Å². The van der Waals surface area contributed by atoms with E-state index in [1.807, 2.05) is 16.3 Å². The van der Waals surface area contributed by atoms with Crippen molar-refractivity contribution in [2.75, 3.05) is 57.9 Å². The van der Waals surface area contributed by atoms with Crippen molar-refractivity contribution < 1.29 is 22.7 Å². The Kier molecular flexibility index (Phi) is 8.36. The van der Waals surface area contributed by atoms with Gasteiger partial charge in [0.1, 0.15) is 24.5 Å². The fourth-order valence-electron chi connectivity index (χ4n) is 5.55. The number of carbonyl (C=O) groups excluding carboxylic acids is 1. The third kappa shape index (κ3) is 5.74. The average Bonchev–Trinajstić information content (AvgIpc) is 3.42. The van der Waals surface area contributed by atoms with Gasteiger partial charge in [-0.3, -0.25) is 4.79 Å². The summed E-state index contributed by atoms with van der Waals surface area (Å²) in [6, 6.07) is 5.18. The van der Waals surface area contributed by atoms with E-state index in [0.717, 1.165) is 28.9 Å². The third-order valence-corrected chi connectivity index (χ3v) is 10.7. The Hall–Kier alpha value is -2.80.